The number of pyridine rings is 1. The lowest BCUT2D eigenvalue weighted by molar-refractivity contribution is -0.137. The van der Waals surface area contributed by atoms with E-state index in [2.05, 4.69) is 4.98 Å². The number of aromatic nitrogens is 1. The molecular weight excluding hydrogens is 298 g/mol. The molecular formula is C15H15F4N3. The summed E-state index contributed by atoms with van der Waals surface area (Å²) in [5.74, 6) is -0.736. The summed E-state index contributed by atoms with van der Waals surface area (Å²) >= 11 is 0. The minimum atomic E-state index is -4.44. The third-order valence-corrected chi connectivity index (χ3v) is 3.61. The molecule has 0 aliphatic heterocycles. The summed E-state index contributed by atoms with van der Waals surface area (Å²) in [4.78, 5) is 3.44. The SMILES string of the molecule is CC(N)C(N)(c1ccc(C(F)(F)F)cc1)c1ccnc(F)c1. The van der Waals surface area contributed by atoms with E-state index in [1.165, 1.54) is 24.4 Å². The number of rotatable bonds is 3. The van der Waals surface area contributed by atoms with Gasteiger partial charge in [0.15, 0.2) is 0 Å². The molecule has 0 fully saturated rings. The molecule has 3 nitrogen and oxygen atoms in total. The fraction of sp³-hybridized carbons (Fsp3) is 0.267. The van der Waals surface area contributed by atoms with Crippen molar-refractivity contribution in [1.82, 2.24) is 4.98 Å². The van der Waals surface area contributed by atoms with E-state index in [-0.39, 0.29) is 0 Å². The second kappa shape index (κ2) is 5.66. The van der Waals surface area contributed by atoms with Crippen molar-refractivity contribution in [2.24, 2.45) is 11.5 Å². The van der Waals surface area contributed by atoms with Gasteiger partial charge < -0.3 is 11.5 Å². The Balaban J connectivity index is 2.53. The second-order valence-electron chi connectivity index (χ2n) is 5.10. The van der Waals surface area contributed by atoms with Gasteiger partial charge in [-0.2, -0.15) is 17.6 Å². The van der Waals surface area contributed by atoms with Crippen LogP contribution in [0.25, 0.3) is 0 Å². The number of hydrogen-bond donors (Lipinski definition) is 2. The van der Waals surface area contributed by atoms with Crippen molar-refractivity contribution < 1.29 is 17.6 Å². The molecule has 0 aliphatic carbocycles. The van der Waals surface area contributed by atoms with Crippen LogP contribution in [-0.2, 0) is 11.7 Å². The number of benzene rings is 1. The van der Waals surface area contributed by atoms with Gasteiger partial charge in [0, 0.05) is 12.2 Å². The molecule has 1 aromatic heterocycles. The molecule has 0 radical (unpaired) electrons. The molecule has 2 unspecified atom stereocenters. The van der Waals surface area contributed by atoms with Gasteiger partial charge in [-0.05, 0) is 42.3 Å². The molecule has 2 aromatic rings. The van der Waals surface area contributed by atoms with E-state index in [0.717, 1.165) is 18.2 Å². The van der Waals surface area contributed by atoms with Crippen molar-refractivity contribution >= 4 is 0 Å². The maximum Gasteiger partial charge on any atom is 0.416 e. The van der Waals surface area contributed by atoms with E-state index in [1.807, 2.05) is 0 Å². The lowest BCUT2D eigenvalue weighted by atomic mass is 9.79. The highest BCUT2D eigenvalue weighted by Gasteiger charge is 2.36. The molecule has 1 aromatic carbocycles. The number of nitrogens with two attached hydrogens (primary N) is 2. The molecule has 0 saturated carbocycles. The molecule has 0 aliphatic rings. The Morgan fingerprint density at radius 2 is 1.55 bits per heavy atom. The van der Waals surface area contributed by atoms with E-state index >= 15 is 0 Å². The molecule has 1 heterocycles. The fourth-order valence-corrected chi connectivity index (χ4v) is 2.29. The zero-order valence-electron chi connectivity index (χ0n) is 11.7. The Kier molecular flexibility index (Phi) is 4.21. The standard InChI is InChI=1S/C15H15F4N3/c1-9(20)14(21,12-6-7-22-13(16)8-12)10-2-4-11(5-3-10)15(17,18)19/h2-9H,20-21H2,1H3. The van der Waals surface area contributed by atoms with Gasteiger partial charge in [-0.3, -0.25) is 0 Å². The van der Waals surface area contributed by atoms with Crippen LogP contribution in [-0.4, -0.2) is 11.0 Å². The number of nitrogens with zero attached hydrogens (tertiary/aromatic N) is 1. The highest BCUT2D eigenvalue weighted by Crippen LogP contribution is 2.33. The van der Waals surface area contributed by atoms with Crippen molar-refractivity contribution in [3.63, 3.8) is 0 Å². The minimum absolute atomic E-state index is 0.342. The van der Waals surface area contributed by atoms with Gasteiger partial charge in [-0.1, -0.05) is 12.1 Å². The maximum atomic E-state index is 13.3. The molecule has 2 atom stereocenters. The minimum Gasteiger partial charge on any atom is -0.326 e. The van der Waals surface area contributed by atoms with Crippen LogP contribution in [0.15, 0.2) is 42.6 Å². The number of halogens is 4. The predicted molar refractivity (Wildman–Crippen MR) is 74.3 cm³/mol. The lowest BCUT2D eigenvalue weighted by Gasteiger charge is -2.34. The van der Waals surface area contributed by atoms with E-state index in [9.17, 15) is 17.6 Å². The Bertz CT molecular complexity index is 653. The Morgan fingerprint density at radius 3 is 2.00 bits per heavy atom. The van der Waals surface area contributed by atoms with Crippen LogP contribution in [0.5, 0.6) is 0 Å². The van der Waals surface area contributed by atoms with E-state index < -0.39 is 29.3 Å². The Labute approximate surface area is 125 Å². The molecule has 0 saturated heterocycles. The van der Waals surface area contributed by atoms with E-state index in [4.69, 9.17) is 11.5 Å². The summed E-state index contributed by atoms with van der Waals surface area (Å²) in [6, 6.07) is 6.32. The van der Waals surface area contributed by atoms with Crippen molar-refractivity contribution in [3.8, 4) is 0 Å². The van der Waals surface area contributed by atoms with Crippen molar-refractivity contribution in [2.45, 2.75) is 24.7 Å². The van der Waals surface area contributed by atoms with Crippen LogP contribution in [0.2, 0.25) is 0 Å². The van der Waals surface area contributed by atoms with Gasteiger partial charge in [0.25, 0.3) is 0 Å². The molecule has 7 heteroatoms. The fourth-order valence-electron chi connectivity index (χ4n) is 2.29. The molecule has 118 valence electrons. The lowest BCUT2D eigenvalue weighted by Crippen LogP contribution is -2.51. The molecule has 4 N–H and O–H groups in total. The van der Waals surface area contributed by atoms with Crippen LogP contribution in [0.4, 0.5) is 17.6 Å². The third kappa shape index (κ3) is 2.95. The molecule has 0 amide bonds. The van der Waals surface area contributed by atoms with Gasteiger partial charge in [0.05, 0.1) is 11.1 Å². The summed E-state index contributed by atoms with van der Waals surface area (Å²) in [5.41, 5.74) is 10.8. The number of hydrogen-bond acceptors (Lipinski definition) is 3. The zero-order chi connectivity index (χ0) is 16.5. The van der Waals surface area contributed by atoms with Gasteiger partial charge in [0.1, 0.15) is 0 Å². The van der Waals surface area contributed by atoms with Crippen molar-refractivity contribution in [3.05, 3.63) is 65.2 Å². The van der Waals surface area contributed by atoms with Crippen molar-refractivity contribution in [1.29, 1.82) is 0 Å². The van der Waals surface area contributed by atoms with E-state index in [1.54, 1.807) is 6.92 Å². The molecule has 0 bridgehead atoms. The summed E-state index contributed by atoms with van der Waals surface area (Å²) in [5, 5.41) is 0. The van der Waals surface area contributed by atoms with Crippen LogP contribution in [0, 0.1) is 5.95 Å². The van der Waals surface area contributed by atoms with Crippen molar-refractivity contribution in [2.75, 3.05) is 0 Å². The molecule has 22 heavy (non-hydrogen) atoms. The van der Waals surface area contributed by atoms with Gasteiger partial charge in [-0.15, -0.1) is 0 Å². The highest BCUT2D eigenvalue weighted by molar-refractivity contribution is 5.40. The average molecular weight is 313 g/mol. The average Bonchev–Trinajstić information content (AvgIpc) is 2.45. The first-order valence-corrected chi connectivity index (χ1v) is 6.50. The van der Waals surface area contributed by atoms with Crippen LogP contribution < -0.4 is 11.5 Å². The number of alkyl halides is 3. The monoisotopic (exact) mass is 313 g/mol. The smallest absolute Gasteiger partial charge is 0.326 e. The molecule has 2 rings (SSSR count). The summed E-state index contributed by atoms with van der Waals surface area (Å²) < 4.78 is 51.3. The van der Waals surface area contributed by atoms with Gasteiger partial charge in [0.2, 0.25) is 5.95 Å². The summed E-state index contributed by atoms with van der Waals surface area (Å²) in [6.45, 7) is 1.61. The zero-order valence-corrected chi connectivity index (χ0v) is 11.7. The largest absolute Gasteiger partial charge is 0.416 e. The summed E-state index contributed by atoms with van der Waals surface area (Å²) in [6.07, 6.45) is -3.20. The molecule has 0 spiro atoms. The quantitative estimate of drug-likeness (QED) is 0.676. The predicted octanol–water partition coefficient (Wildman–Crippen LogP) is 2.79. The van der Waals surface area contributed by atoms with Gasteiger partial charge >= 0.3 is 6.18 Å². The van der Waals surface area contributed by atoms with E-state index in [0.29, 0.717) is 11.1 Å². The van der Waals surface area contributed by atoms with Crippen LogP contribution in [0.1, 0.15) is 23.6 Å². The van der Waals surface area contributed by atoms with Crippen LogP contribution in [0.3, 0.4) is 0 Å². The first-order chi connectivity index (χ1) is 10.2. The maximum absolute atomic E-state index is 13.3. The Morgan fingerprint density at radius 1 is 1.00 bits per heavy atom. The van der Waals surface area contributed by atoms with Gasteiger partial charge in [-0.25, -0.2) is 4.98 Å². The first-order valence-electron chi connectivity index (χ1n) is 6.50. The normalized spacial score (nSPS) is 16.1. The highest BCUT2D eigenvalue weighted by atomic mass is 19.4. The first kappa shape index (κ1) is 16.4. The third-order valence-electron chi connectivity index (χ3n) is 3.61. The topological polar surface area (TPSA) is 64.9 Å². The van der Waals surface area contributed by atoms with Crippen LogP contribution >= 0.6 is 0 Å². The Hall–Kier alpha value is -1.99. The summed E-state index contributed by atoms with van der Waals surface area (Å²) in [7, 11) is 0. The second-order valence-corrected chi connectivity index (χ2v) is 5.10.